The molecule has 1 fully saturated rings. The zero-order valence-corrected chi connectivity index (χ0v) is 12.1. The molecule has 1 aromatic carbocycles. The lowest BCUT2D eigenvalue weighted by molar-refractivity contribution is -0.133. The van der Waals surface area contributed by atoms with Crippen LogP contribution in [0, 0.1) is 6.92 Å². The van der Waals surface area contributed by atoms with Crippen LogP contribution >= 0.6 is 11.6 Å². The van der Waals surface area contributed by atoms with Crippen molar-refractivity contribution in [2.45, 2.75) is 32.6 Å². The van der Waals surface area contributed by atoms with E-state index in [9.17, 15) is 4.79 Å². The number of benzene rings is 1. The molecule has 0 aliphatic carbocycles. The molecule has 3 nitrogen and oxygen atoms in total. The van der Waals surface area contributed by atoms with Crippen molar-refractivity contribution in [3.8, 4) is 5.75 Å². The lowest BCUT2D eigenvalue weighted by Gasteiger charge is -2.20. The van der Waals surface area contributed by atoms with E-state index in [-0.39, 0.29) is 12.5 Å². The van der Waals surface area contributed by atoms with Crippen LogP contribution in [0.25, 0.3) is 0 Å². The molecule has 0 unspecified atom stereocenters. The molecule has 1 heterocycles. The second-order valence-electron chi connectivity index (χ2n) is 4.99. The standard InChI is InChI=1S/C15H20ClNO2/c1-12-10-13(16)6-7-14(12)19-11-15(18)17-8-4-2-3-5-9-17/h6-7,10H,2-5,8-9,11H2,1H3. The predicted molar refractivity (Wildman–Crippen MR) is 76.7 cm³/mol. The van der Waals surface area contributed by atoms with Crippen molar-refractivity contribution in [3.63, 3.8) is 0 Å². The molecular weight excluding hydrogens is 262 g/mol. The minimum absolute atomic E-state index is 0.0799. The van der Waals surface area contributed by atoms with Gasteiger partial charge in [-0.1, -0.05) is 24.4 Å². The summed E-state index contributed by atoms with van der Waals surface area (Å²) in [6.45, 7) is 3.77. The number of carbonyl (C=O) groups is 1. The van der Waals surface area contributed by atoms with Crippen molar-refractivity contribution >= 4 is 17.5 Å². The van der Waals surface area contributed by atoms with E-state index in [1.165, 1.54) is 12.8 Å². The topological polar surface area (TPSA) is 29.5 Å². The van der Waals surface area contributed by atoms with Crippen LogP contribution in [0.4, 0.5) is 0 Å². The second-order valence-corrected chi connectivity index (χ2v) is 5.43. The molecule has 0 aromatic heterocycles. The van der Waals surface area contributed by atoms with Crippen LogP contribution in [0.2, 0.25) is 5.02 Å². The number of nitrogens with zero attached hydrogens (tertiary/aromatic N) is 1. The first-order chi connectivity index (χ1) is 9.16. The molecule has 0 atom stereocenters. The summed E-state index contributed by atoms with van der Waals surface area (Å²) in [5.74, 6) is 0.809. The monoisotopic (exact) mass is 281 g/mol. The minimum Gasteiger partial charge on any atom is -0.483 e. The molecule has 1 aromatic rings. The third-order valence-electron chi connectivity index (χ3n) is 3.45. The zero-order chi connectivity index (χ0) is 13.7. The van der Waals surface area contributed by atoms with Crippen molar-refractivity contribution in [2.75, 3.05) is 19.7 Å². The highest BCUT2D eigenvalue weighted by atomic mass is 35.5. The van der Waals surface area contributed by atoms with Crippen LogP contribution in [-0.4, -0.2) is 30.5 Å². The number of hydrogen-bond donors (Lipinski definition) is 0. The number of likely N-dealkylation sites (tertiary alicyclic amines) is 1. The Morgan fingerprint density at radius 1 is 1.26 bits per heavy atom. The van der Waals surface area contributed by atoms with E-state index < -0.39 is 0 Å². The van der Waals surface area contributed by atoms with E-state index >= 15 is 0 Å². The van der Waals surface area contributed by atoms with Crippen LogP contribution in [0.15, 0.2) is 18.2 Å². The SMILES string of the molecule is Cc1cc(Cl)ccc1OCC(=O)N1CCCCCC1. The molecule has 2 rings (SSSR count). The van der Waals surface area contributed by atoms with Gasteiger partial charge in [-0.25, -0.2) is 0 Å². The fraction of sp³-hybridized carbons (Fsp3) is 0.533. The van der Waals surface area contributed by atoms with Crippen molar-refractivity contribution in [1.29, 1.82) is 0 Å². The number of halogens is 1. The highest BCUT2D eigenvalue weighted by molar-refractivity contribution is 6.30. The van der Waals surface area contributed by atoms with Crippen molar-refractivity contribution < 1.29 is 9.53 Å². The third-order valence-corrected chi connectivity index (χ3v) is 3.68. The molecule has 0 saturated carbocycles. The summed E-state index contributed by atoms with van der Waals surface area (Å²) in [6.07, 6.45) is 4.65. The summed E-state index contributed by atoms with van der Waals surface area (Å²) < 4.78 is 5.60. The molecule has 19 heavy (non-hydrogen) atoms. The summed E-state index contributed by atoms with van der Waals surface area (Å²) in [7, 11) is 0. The van der Waals surface area contributed by atoms with E-state index in [4.69, 9.17) is 16.3 Å². The number of rotatable bonds is 3. The summed E-state index contributed by atoms with van der Waals surface area (Å²) >= 11 is 5.89. The van der Waals surface area contributed by atoms with E-state index in [0.29, 0.717) is 5.02 Å². The minimum atomic E-state index is 0.0799. The predicted octanol–water partition coefficient (Wildman–Crippen LogP) is 3.43. The van der Waals surface area contributed by atoms with Crippen molar-refractivity contribution in [2.24, 2.45) is 0 Å². The van der Waals surface area contributed by atoms with Gasteiger partial charge in [-0.15, -0.1) is 0 Å². The first-order valence-corrected chi connectivity index (χ1v) is 7.21. The quantitative estimate of drug-likeness (QED) is 0.849. The highest BCUT2D eigenvalue weighted by Gasteiger charge is 2.16. The van der Waals surface area contributed by atoms with Crippen LogP contribution in [0.5, 0.6) is 5.75 Å². The highest BCUT2D eigenvalue weighted by Crippen LogP contribution is 2.21. The Hall–Kier alpha value is -1.22. The summed E-state index contributed by atoms with van der Waals surface area (Å²) in [4.78, 5) is 14.0. The van der Waals surface area contributed by atoms with Gasteiger partial charge in [-0.2, -0.15) is 0 Å². The van der Waals surface area contributed by atoms with Crippen molar-refractivity contribution in [3.05, 3.63) is 28.8 Å². The maximum Gasteiger partial charge on any atom is 0.260 e. The Labute approximate surface area is 119 Å². The van der Waals surface area contributed by atoms with Gasteiger partial charge < -0.3 is 9.64 Å². The average molecular weight is 282 g/mol. The van der Waals surface area contributed by atoms with Crippen LogP contribution < -0.4 is 4.74 Å². The lowest BCUT2D eigenvalue weighted by Crippen LogP contribution is -2.35. The fourth-order valence-corrected chi connectivity index (χ4v) is 2.55. The number of amides is 1. The first kappa shape index (κ1) is 14.2. The van der Waals surface area contributed by atoms with E-state index in [1.54, 1.807) is 6.07 Å². The Balaban J connectivity index is 1.88. The average Bonchev–Trinajstić information content (AvgIpc) is 2.66. The molecule has 4 heteroatoms. The van der Waals surface area contributed by atoms with Gasteiger partial charge in [0.05, 0.1) is 0 Å². The smallest absolute Gasteiger partial charge is 0.260 e. The van der Waals surface area contributed by atoms with Gasteiger partial charge in [0.15, 0.2) is 6.61 Å². The van der Waals surface area contributed by atoms with Crippen LogP contribution in [0.1, 0.15) is 31.2 Å². The number of carbonyl (C=O) groups excluding carboxylic acids is 1. The van der Waals surface area contributed by atoms with E-state index in [0.717, 1.165) is 37.2 Å². The number of ether oxygens (including phenoxy) is 1. The summed E-state index contributed by atoms with van der Waals surface area (Å²) in [6, 6.07) is 5.43. The molecule has 0 bridgehead atoms. The fourth-order valence-electron chi connectivity index (χ4n) is 2.33. The normalized spacial score (nSPS) is 16.0. The van der Waals surface area contributed by atoms with Crippen LogP contribution in [0.3, 0.4) is 0 Å². The summed E-state index contributed by atoms with van der Waals surface area (Å²) in [5.41, 5.74) is 0.955. The number of aryl methyl sites for hydroxylation is 1. The largest absolute Gasteiger partial charge is 0.483 e. The molecular formula is C15H20ClNO2. The van der Waals surface area contributed by atoms with Gasteiger partial charge in [0.2, 0.25) is 0 Å². The lowest BCUT2D eigenvalue weighted by atomic mass is 10.2. The Kier molecular flexibility index (Phi) is 5.08. The molecule has 1 aliphatic heterocycles. The van der Waals surface area contributed by atoms with Gasteiger partial charge in [0, 0.05) is 18.1 Å². The van der Waals surface area contributed by atoms with Crippen molar-refractivity contribution in [1.82, 2.24) is 4.90 Å². The van der Waals surface area contributed by atoms with E-state index in [2.05, 4.69) is 0 Å². The van der Waals surface area contributed by atoms with Gasteiger partial charge in [0.1, 0.15) is 5.75 Å². The van der Waals surface area contributed by atoms with Gasteiger partial charge >= 0.3 is 0 Å². The molecule has 0 radical (unpaired) electrons. The Morgan fingerprint density at radius 2 is 1.95 bits per heavy atom. The van der Waals surface area contributed by atoms with Gasteiger partial charge in [-0.3, -0.25) is 4.79 Å². The molecule has 1 saturated heterocycles. The Morgan fingerprint density at radius 3 is 2.58 bits per heavy atom. The van der Waals surface area contributed by atoms with Gasteiger partial charge in [-0.05, 0) is 43.5 Å². The maximum absolute atomic E-state index is 12.1. The maximum atomic E-state index is 12.1. The molecule has 0 spiro atoms. The molecule has 0 N–H and O–H groups in total. The zero-order valence-electron chi connectivity index (χ0n) is 11.3. The molecule has 1 amide bonds. The third kappa shape index (κ3) is 4.13. The van der Waals surface area contributed by atoms with E-state index in [1.807, 2.05) is 24.0 Å². The van der Waals surface area contributed by atoms with Crippen LogP contribution in [-0.2, 0) is 4.79 Å². The molecule has 104 valence electrons. The molecule has 1 aliphatic rings. The Bertz CT molecular complexity index is 440. The second kappa shape index (κ2) is 6.80. The van der Waals surface area contributed by atoms with Gasteiger partial charge in [0.25, 0.3) is 5.91 Å². The number of hydrogen-bond acceptors (Lipinski definition) is 2. The summed E-state index contributed by atoms with van der Waals surface area (Å²) in [5, 5.41) is 0.684. The first-order valence-electron chi connectivity index (χ1n) is 6.83.